The molecule has 1 aromatic carbocycles. The number of rotatable bonds is 6. The van der Waals surface area contributed by atoms with Crippen LogP contribution >= 0.6 is 0 Å². The first-order chi connectivity index (χ1) is 12.6. The fourth-order valence-corrected chi connectivity index (χ4v) is 3.15. The number of carbonyl (C=O) groups excluding carboxylic acids is 2. The molecule has 0 spiro atoms. The first kappa shape index (κ1) is 18.2. The number of nitrogens with zero attached hydrogens (tertiary/aromatic N) is 2. The molecule has 0 bridgehead atoms. The van der Waals surface area contributed by atoms with E-state index in [9.17, 15) is 14.0 Å². The van der Waals surface area contributed by atoms with Crippen molar-refractivity contribution in [1.82, 2.24) is 9.80 Å². The topological polar surface area (TPSA) is 53.8 Å². The predicted octanol–water partition coefficient (Wildman–Crippen LogP) is 2.65. The molecular weight excluding hydrogens is 335 g/mol. The van der Waals surface area contributed by atoms with Gasteiger partial charge in [-0.2, -0.15) is 0 Å². The first-order valence-corrected chi connectivity index (χ1v) is 8.95. The van der Waals surface area contributed by atoms with Crippen molar-refractivity contribution >= 4 is 11.8 Å². The van der Waals surface area contributed by atoms with Crippen molar-refractivity contribution in [2.75, 3.05) is 26.2 Å². The Morgan fingerprint density at radius 1 is 0.885 bits per heavy atom. The zero-order valence-electron chi connectivity index (χ0n) is 14.7. The van der Waals surface area contributed by atoms with Gasteiger partial charge in [0.25, 0.3) is 0 Å². The highest BCUT2D eigenvalue weighted by atomic mass is 19.1. The maximum Gasteiger partial charge on any atom is 0.223 e. The zero-order chi connectivity index (χ0) is 18.4. The molecule has 0 saturated carbocycles. The van der Waals surface area contributed by atoms with Crippen molar-refractivity contribution in [2.45, 2.75) is 25.7 Å². The molecule has 0 radical (unpaired) electrons. The Kier molecular flexibility index (Phi) is 6.04. The molecule has 3 rings (SSSR count). The van der Waals surface area contributed by atoms with E-state index in [0.29, 0.717) is 51.0 Å². The Bertz CT molecular complexity index is 737. The molecule has 6 heteroatoms. The van der Waals surface area contributed by atoms with Crippen LogP contribution < -0.4 is 0 Å². The van der Waals surface area contributed by atoms with Crippen LogP contribution in [-0.2, 0) is 22.4 Å². The van der Waals surface area contributed by atoms with E-state index in [1.807, 2.05) is 12.1 Å². The maximum atomic E-state index is 13.6. The lowest BCUT2D eigenvalue weighted by Gasteiger charge is -2.35. The molecule has 0 unspecified atom stereocenters. The smallest absolute Gasteiger partial charge is 0.223 e. The summed E-state index contributed by atoms with van der Waals surface area (Å²) in [5.74, 6) is 0.628. The third-order valence-electron chi connectivity index (χ3n) is 4.72. The SMILES string of the molecule is O=C(CCc1ccco1)N1CCN(C(=O)CCc2ccccc2F)CC1. The van der Waals surface area contributed by atoms with Gasteiger partial charge in [-0.25, -0.2) is 4.39 Å². The van der Waals surface area contributed by atoms with E-state index in [2.05, 4.69) is 0 Å². The van der Waals surface area contributed by atoms with Crippen LogP contribution in [-0.4, -0.2) is 47.8 Å². The number of aryl methyl sites for hydroxylation is 2. The third-order valence-corrected chi connectivity index (χ3v) is 4.72. The van der Waals surface area contributed by atoms with Crippen molar-refractivity contribution in [1.29, 1.82) is 0 Å². The highest BCUT2D eigenvalue weighted by Crippen LogP contribution is 2.12. The minimum absolute atomic E-state index is 0.0101. The van der Waals surface area contributed by atoms with Crippen LogP contribution in [0.5, 0.6) is 0 Å². The molecule has 1 aliphatic rings. The average Bonchev–Trinajstić information content (AvgIpc) is 3.19. The molecule has 5 nitrogen and oxygen atoms in total. The number of benzene rings is 1. The lowest BCUT2D eigenvalue weighted by Crippen LogP contribution is -2.50. The molecule has 2 heterocycles. The Morgan fingerprint density at radius 3 is 2.08 bits per heavy atom. The second kappa shape index (κ2) is 8.65. The van der Waals surface area contributed by atoms with E-state index in [1.165, 1.54) is 6.07 Å². The van der Waals surface area contributed by atoms with Gasteiger partial charge >= 0.3 is 0 Å². The summed E-state index contributed by atoms with van der Waals surface area (Å²) >= 11 is 0. The molecule has 0 N–H and O–H groups in total. The number of hydrogen-bond donors (Lipinski definition) is 0. The number of piperazine rings is 1. The number of halogens is 1. The average molecular weight is 358 g/mol. The zero-order valence-corrected chi connectivity index (χ0v) is 14.7. The fraction of sp³-hybridized carbons (Fsp3) is 0.400. The van der Waals surface area contributed by atoms with E-state index in [4.69, 9.17) is 4.42 Å². The molecular formula is C20H23FN2O3. The lowest BCUT2D eigenvalue weighted by molar-refractivity contribution is -0.139. The van der Waals surface area contributed by atoms with Crippen molar-refractivity contribution in [3.63, 3.8) is 0 Å². The number of hydrogen-bond acceptors (Lipinski definition) is 3. The van der Waals surface area contributed by atoms with Crippen LogP contribution in [0.2, 0.25) is 0 Å². The van der Waals surface area contributed by atoms with Crippen molar-refractivity contribution in [2.24, 2.45) is 0 Å². The number of furan rings is 1. The summed E-state index contributed by atoms with van der Waals surface area (Å²) in [5, 5.41) is 0. The Labute approximate surface area is 152 Å². The van der Waals surface area contributed by atoms with Gasteiger partial charge in [-0.3, -0.25) is 9.59 Å². The van der Waals surface area contributed by atoms with Gasteiger partial charge in [0.1, 0.15) is 11.6 Å². The molecule has 26 heavy (non-hydrogen) atoms. The summed E-state index contributed by atoms with van der Waals surface area (Å²) in [5.41, 5.74) is 0.563. The van der Waals surface area contributed by atoms with Crippen LogP contribution in [0.15, 0.2) is 47.1 Å². The van der Waals surface area contributed by atoms with Gasteiger partial charge in [0.15, 0.2) is 0 Å². The molecule has 1 saturated heterocycles. The Hall–Kier alpha value is -2.63. The van der Waals surface area contributed by atoms with Crippen molar-refractivity contribution in [3.8, 4) is 0 Å². The summed E-state index contributed by atoms with van der Waals surface area (Å²) in [6.45, 7) is 2.15. The number of amides is 2. The van der Waals surface area contributed by atoms with Gasteiger partial charge in [0.2, 0.25) is 11.8 Å². The molecule has 0 aliphatic carbocycles. The Balaban J connectivity index is 1.40. The lowest BCUT2D eigenvalue weighted by atomic mass is 10.1. The van der Waals surface area contributed by atoms with Gasteiger partial charge in [0, 0.05) is 45.4 Å². The fourth-order valence-electron chi connectivity index (χ4n) is 3.15. The van der Waals surface area contributed by atoms with Crippen LogP contribution in [0.3, 0.4) is 0 Å². The minimum Gasteiger partial charge on any atom is -0.469 e. The van der Waals surface area contributed by atoms with Crippen molar-refractivity contribution in [3.05, 3.63) is 59.8 Å². The third kappa shape index (κ3) is 4.71. The summed E-state index contributed by atoms with van der Waals surface area (Å²) in [4.78, 5) is 28.1. The quantitative estimate of drug-likeness (QED) is 0.798. The van der Waals surface area contributed by atoms with Gasteiger partial charge in [-0.15, -0.1) is 0 Å². The van der Waals surface area contributed by atoms with Crippen LogP contribution in [0.1, 0.15) is 24.2 Å². The van der Waals surface area contributed by atoms with Gasteiger partial charge in [-0.1, -0.05) is 18.2 Å². The second-order valence-corrected chi connectivity index (χ2v) is 6.43. The summed E-state index contributed by atoms with van der Waals surface area (Å²) < 4.78 is 18.9. The largest absolute Gasteiger partial charge is 0.469 e. The summed E-state index contributed by atoms with van der Waals surface area (Å²) in [7, 11) is 0. The molecule has 138 valence electrons. The standard InChI is InChI=1S/C20H23FN2O3/c21-18-6-2-1-4-16(18)7-9-19(24)22-11-13-23(14-12-22)20(25)10-8-17-5-3-15-26-17/h1-6,15H,7-14H2. The number of carbonyl (C=O) groups is 2. The minimum atomic E-state index is -0.271. The molecule has 0 atom stereocenters. The van der Waals surface area contributed by atoms with Crippen LogP contribution in [0.25, 0.3) is 0 Å². The highest BCUT2D eigenvalue weighted by molar-refractivity contribution is 5.78. The van der Waals surface area contributed by atoms with E-state index >= 15 is 0 Å². The van der Waals surface area contributed by atoms with Gasteiger partial charge < -0.3 is 14.2 Å². The van der Waals surface area contributed by atoms with Gasteiger partial charge in [0.05, 0.1) is 6.26 Å². The first-order valence-electron chi connectivity index (χ1n) is 8.95. The van der Waals surface area contributed by atoms with E-state index < -0.39 is 0 Å². The Morgan fingerprint density at radius 2 is 1.50 bits per heavy atom. The van der Waals surface area contributed by atoms with Crippen LogP contribution in [0.4, 0.5) is 4.39 Å². The monoisotopic (exact) mass is 358 g/mol. The molecule has 1 aliphatic heterocycles. The van der Waals surface area contributed by atoms with Gasteiger partial charge in [-0.05, 0) is 30.2 Å². The summed E-state index contributed by atoms with van der Waals surface area (Å²) in [6.07, 6.45) is 3.29. The van der Waals surface area contributed by atoms with Crippen LogP contribution in [0, 0.1) is 5.82 Å². The molecule has 1 aromatic heterocycles. The molecule has 2 aromatic rings. The predicted molar refractivity (Wildman–Crippen MR) is 94.9 cm³/mol. The normalized spacial score (nSPS) is 14.5. The second-order valence-electron chi connectivity index (χ2n) is 6.43. The van der Waals surface area contributed by atoms with E-state index in [0.717, 1.165) is 5.76 Å². The van der Waals surface area contributed by atoms with E-state index in [-0.39, 0.29) is 24.1 Å². The van der Waals surface area contributed by atoms with Crippen molar-refractivity contribution < 1.29 is 18.4 Å². The summed E-state index contributed by atoms with van der Waals surface area (Å²) in [6, 6.07) is 10.2. The molecule has 2 amide bonds. The molecule has 1 fully saturated rings. The van der Waals surface area contributed by atoms with E-state index in [1.54, 1.807) is 34.3 Å². The maximum absolute atomic E-state index is 13.6. The highest BCUT2D eigenvalue weighted by Gasteiger charge is 2.24.